The molecule has 1 saturated carbocycles. The first-order valence-corrected chi connectivity index (χ1v) is 11.1. The fraction of sp³-hybridized carbons (Fsp3) is 0.385. The molecular weight excluding hydrogens is 424 g/mol. The van der Waals surface area contributed by atoms with Crippen molar-refractivity contribution in [3.8, 4) is 28.7 Å². The van der Waals surface area contributed by atoms with Crippen LogP contribution in [0.4, 0.5) is 0 Å². The molecule has 2 aliphatic rings. The number of ketones is 1. The van der Waals surface area contributed by atoms with Gasteiger partial charge in [-0.05, 0) is 49.6 Å². The lowest BCUT2D eigenvalue weighted by Gasteiger charge is -2.20. The van der Waals surface area contributed by atoms with Gasteiger partial charge in [0, 0.05) is 11.6 Å². The van der Waals surface area contributed by atoms with Crippen molar-refractivity contribution in [3.63, 3.8) is 0 Å². The van der Waals surface area contributed by atoms with Crippen molar-refractivity contribution in [1.82, 2.24) is 0 Å². The summed E-state index contributed by atoms with van der Waals surface area (Å²) in [5.74, 6) is 1.74. The van der Waals surface area contributed by atoms with Gasteiger partial charge >= 0.3 is 5.97 Å². The van der Waals surface area contributed by atoms with Gasteiger partial charge in [0.05, 0.1) is 32.8 Å². The van der Waals surface area contributed by atoms with Crippen LogP contribution in [0.5, 0.6) is 28.7 Å². The molecule has 0 radical (unpaired) electrons. The van der Waals surface area contributed by atoms with Crippen molar-refractivity contribution in [2.45, 2.75) is 39.0 Å². The summed E-state index contributed by atoms with van der Waals surface area (Å²) in [5, 5.41) is 0. The highest BCUT2D eigenvalue weighted by molar-refractivity contribution is 6.15. The maximum atomic E-state index is 13.1. The number of hydrogen-bond donors (Lipinski definition) is 0. The predicted molar refractivity (Wildman–Crippen MR) is 122 cm³/mol. The molecule has 0 N–H and O–H groups in total. The largest absolute Gasteiger partial charge is 0.493 e. The standard InChI is InChI=1S/C26H28O7/c1-15-12-18(32-26(28)16-8-6-5-7-9-16)14-20-22(15)23(27)21(33-20)13-17-10-11-19(29-2)25(31-4)24(17)30-3/h10-14,16H,5-9H2,1-4H3/b21-13-. The quantitative estimate of drug-likeness (QED) is 0.342. The Balaban J connectivity index is 1.62. The Morgan fingerprint density at radius 2 is 1.73 bits per heavy atom. The van der Waals surface area contributed by atoms with Crippen molar-refractivity contribution in [3.05, 3.63) is 46.7 Å². The molecule has 1 aliphatic heterocycles. The van der Waals surface area contributed by atoms with Crippen LogP contribution in [-0.2, 0) is 4.79 Å². The van der Waals surface area contributed by atoms with Crippen LogP contribution in [-0.4, -0.2) is 33.1 Å². The number of esters is 1. The second-order valence-corrected chi connectivity index (χ2v) is 8.23. The van der Waals surface area contributed by atoms with Gasteiger partial charge in [0.15, 0.2) is 17.3 Å². The van der Waals surface area contributed by atoms with Crippen LogP contribution >= 0.6 is 0 Å². The van der Waals surface area contributed by atoms with Gasteiger partial charge in [0.2, 0.25) is 11.5 Å². The lowest BCUT2D eigenvalue weighted by Crippen LogP contribution is -2.22. The molecule has 0 amide bonds. The monoisotopic (exact) mass is 452 g/mol. The third kappa shape index (κ3) is 4.40. The van der Waals surface area contributed by atoms with Gasteiger partial charge in [-0.1, -0.05) is 19.3 Å². The average Bonchev–Trinajstić information content (AvgIpc) is 3.14. The molecule has 0 spiro atoms. The molecule has 1 fully saturated rings. The molecule has 0 atom stereocenters. The summed E-state index contributed by atoms with van der Waals surface area (Å²) in [6.07, 6.45) is 6.59. The Morgan fingerprint density at radius 3 is 2.39 bits per heavy atom. The van der Waals surface area contributed by atoms with E-state index in [4.69, 9.17) is 23.7 Å². The molecule has 33 heavy (non-hydrogen) atoms. The maximum Gasteiger partial charge on any atom is 0.314 e. The number of hydrogen-bond acceptors (Lipinski definition) is 7. The van der Waals surface area contributed by atoms with Crippen LogP contribution in [0.15, 0.2) is 30.0 Å². The molecule has 0 bridgehead atoms. The van der Waals surface area contributed by atoms with Crippen LogP contribution < -0.4 is 23.7 Å². The number of fused-ring (bicyclic) bond motifs is 1. The Hall–Kier alpha value is -3.48. The molecule has 1 aliphatic carbocycles. The number of Topliss-reactive ketones (excluding diaryl/α,β-unsaturated/α-hetero) is 1. The third-order valence-electron chi connectivity index (χ3n) is 6.12. The third-order valence-corrected chi connectivity index (χ3v) is 6.12. The maximum absolute atomic E-state index is 13.1. The first-order valence-electron chi connectivity index (χ1n) is 11.1. The number of aryl methyl sites for hydroxylation is 1. The van der Waals surface area contributed by atoms with E-state index in [0.29, 0.717) is 45.4 Å². The fourth-order valence-electron chi connectivity index (χ4n) is 4.45. The van der Waals surface area contributed by atoms with Gasteiger partial charge in [0.1, 0.15) is 11.5 Å². The van der Waals surface area contributed by atoms with Crippen molar-refractivity contribution < 1.29 is 33.3 Å². The van der Waals surface area contributed by atoms with E-state index in [1.165, 1.54) is 21.3 Å². The number of allylic oxidation sites excluding steroid dienone is 1. The van der Waals surface area contributed by atoms with Gasteiger partial charge in [-0.25, -0.2) is 0 Å². The highest BCUT2D eigenvalue weighted by Crippen LogP contribution is 2.43. The smallest absolute Gasteiger partial charge is 0.314 e. The number of carbonyl (C=O) groups excluding carboxylic acids is 2. The molecule has 7 heteroatoms. The van der Waals surface area contributed by atoms with E-state index >= 15 is 0 Å². The average molecular weight is 453 g/mol. The minimum Gasteiger partial charge on any atom is -0.493 e. The summed E-state index contributed by atoms with van der Waals surface area (Å²) >= 11 is 0. The Kier molecular flexibility index (Phi) is 6.58. The van der Waals surface area contributed by atoms with E-state index < -0.39 is 0 Å². The van der Waals surface area contributed by atoms with Gasteiger partial charge in [-0.2, -0.15) is 0 Å². The zero-order valence-corrected chi connectivity index (χ0v) is 19.4. The lowest BCUT2D eigenvalue weighted by molar-refractivity contribution is -0.139. The first kappa shape index (κ1) is 22.7. The first-order chi connectivity index (χ1) is 16.0. The number of carbonyl (C=O) groups is 2. The summed E-state index contributed by atoms with van der Waals surface area (Å²) in [7, 11) is 4.57. The Bertz CT molecular complexity index is 1110. The number of rotatable bonds is 6. The van der Waals surface area contributed by atoms with Crippen molar-refractivity contribution >= 4 is 17.8 Å². The number of ether oxygens (including phenoxy) is 5. The molecule has 0 aromatic heterocycles. The van der Waals surface area contributed by atoms with Gasteiger partial charge < -0.3 is 23.7 Å². The number of benzene rings is 2. The molecule has 4 rings (SSSR count). The fourth-order valence-corrected chi connectivity index (χ4v) is 4.45. The van der Waals surface area contributed by atoms with Crippen molar-refractivity contribution in [1.29, 1.82) is 0 Å². The SMILES string of the molecule is COc1ccc(/C=C2\Oc3cc(OC(=O)C4CCCCC4)cc(C)c3C2=O)c(OC)c1OC. The highest BCUT2D eigenvalue weighted by atomic mass is 16.5. The normalized spacial score (nSPS) is 16.8. The van der Waals surface area contributed by atoms with Gasteiger partial charge in [-0.3, -0.25) is 9.59 Å². The minimum absolute atomic E-state index is 0.0668. The molecular formula is C26H28O7. The summed E-state index contributed by atoms with van der Waals surface area (Å²) in [4.78, 5) is 25.6. The van der Waals surface area contributed by atoms with Crippen LogP contribution in [0.25, 0.3) is 6.08 Å². The molecule has 2 aromatic rings. The summed E-state index contributed by atoms with van der Waals surface area (Å²) < 4.78 is 27.8. The van der Waals surface area contributed by atoms with E-state index in [-0.39, 0.29) is 23.4 Å². The lowest BCUT2D eigenvalue weighted by atomic mass is 9.89. The second-order valence-electron chi connectivity index (χ2n) is 8.23. The molecule has 0 unspecified atom stereocenters. The van der Waals surface area contributed by atoms with Crippen LogP contribution in [0, 0.1) is 12.8 Å². The van der Waals surface area contributed by atoms with Gasteiger partial charge in [-0.15, -0.1) is 0 Å². The van der Waals surface area contributed by atoms with E-state index in [2.05, 4.69) is 0 Å². The molecule has 0 saturated heterocycles. The highest BCUT2D eigenvalue weighted by Gasteiger charge is 2.31. The minimum atomic E-state index is -0.246. The van der Waals surface area contributed by atoms with Crippen LogP contribution in [0.1, 0.15) is 53.6 Å². The number of methoxy groups -OCH3 is 3. The predicted octanol–water partition coefficient (Wildman–Crippen LogP) is 5.12. The van der Waals surface area contributed by atoms with E-state index in [0.717, 1.165) is 32.1 Å². The van der Waals surface area contributed by atoms with E-state index in [1.54, 1.807) is 37.3 Å². The van der Waals surface area contributed by atoms with Gasteiger partial charge in [0.25, 0.3) is 0 Å². The molecule has 1 heterocycles. The summed E-state index contributed by atoms with van der Waals surface area (Å²) in [6, 6.07) is 6.81. The summed E-state index contributed by atoms with van der Waals surface area (Å²) in [5.41, 5.74) is 1.75. The van der Waals surface area contributed by atoms with Crippen LogP contribution in [0.3, 0.4) is 0 Å². The Labute approximate surface area is 193 Å². The zero-order chi connectivity index (χ0) is 23.5. The van der Waals surface area contributed by atoms with Crippen LogP contribution in [0.2, 0.25) is 0 Å². The Morgan fingerprint density at radius 1 is 1.00 bits per heavy atom. The molecule has 2 aromatic carbocycles. The van der Waals surface area contributed by atoms with Crippen molar-refractivity contribution in [2.24, 2.45) is 5.92 Å². The molecule has 7 nitrogen and oxygen atoms in total. The topological polar surface area (TPSA) is 80.3 Å². The summed E-state index contributed by atoms with van der Waals surface area (Å²) in [6.45, 7) is 1.80. The second kappa shape index (κ2) is 9.57. The van der Waals surface area contributed by atoms with E-state index in [1.807, 2.05) is 0 Å². The van der Waals surface area contributed by atoms with E-state index in [9.17, 15) is 9.59 Å². The molecule has 174 valence electrons. The van der Waals surface area contributed by atoms with Crippen molar-refractivity contribution in [2.75, 3.05) is 21.3 Å². The zero-order valence-electron chi connectivity index (χ0n) is 19.4.